The van der Waals surface area contributed by atoms with Gasteiger partial charge < -0.3 is 5.32 Å². The molecule has 1 N–H and O–H groups in total. The van der Waals surface area contributed by atoms with Gasteiger partial charge in [-0.2, -0.15) is 0 Å². The summed E-state index contributed by atoms with van der Waals surface area (Å²) in [5.74, 6) is 1.64. The van der Waals surface area contributed by atoms with Crippen LogP contribution in [0.2, 0.25) is 0 Å². The molecule has 1 aromatic rings. The molecule has 2 heterocycles. The van der Waals surface area contributed by atoms with Crippen molar-refractivity contribution in [2.24, 2.45) is 5.92 Å². The van der Waals surface area contributed by atoms with Crippen LogP contribution in [0.5, 0.6) is 0 Å². The van der Waals surface area contributed by atoms with E-state index >= 15 is 0 Å². The zero-order valence-electron chi connectivity index (χ0n) is 8.47. The Morgan fingerprint density at radius 1 is 1.50 bits per heavy atom. The smallest absolute Gasteiger partial charge is 0.115 e. The van der Waals surface area contributed by atoms with Crippen molar-refractivity contribution in [1.29, 1.82) is 0 Å². The summed E-state index contributed by atoms with van der Waals surface area (Å²) in [7, 11) is 6.10. The molecule has 1 aliphatic carbocycles. The zero-order chi connectivity index (χ0) is 9.71. The summed E-state index contributed by atoms with van der Waals surface area (Å²) in [4.78, 5) is 2.93. The van der Waals surface area contributed by atoms with Crippen LogP contribution in [-0.4, -0.2) is 20.9 Å². The van der Waals surface area contributed by atoms with E-state index in [1.54, 1.807) is 4.88 Å². The van der Waals surface area contributed by atoms with Crippen LogP contribution >= 0.6 is 11.3 Å². The largest absolute Gasteiger partial charge is 0.316 e. The van der Waals surface area contributed by atoms with E-state index in [0.717, 1.165) is 17.3 Å². The Bertz CT molecular complexity index is 372. The topological polar surface area (TPSA) is 12.0 Å². The lowest BCUT2D eigenvalue weighted by molar-refractivity contribution is 0.352. The molecule has 14 heavy (non-hydrogen) atoms. The molecule has 1 saturated heterocycles. The summed E-state index contributed by atoms with van der Waals surface area (Å²) in [5.41, 5.74) is 2.56. The second kappa shape index (κ2) is 3.11. The van der Waals surface area contributed by atoms with Gasteiger partial charge in [-0.25, -0.2) is 0 Å². The average Bonchev–Trinajstić information content (AvgIpc) is 2.67. The second-order valence-corrected chi connectivity index (χ2v) is 5.73. The van der Waals surface area contributed by atoms with Crippen molar-refractivity contribution in [2.75, 3.05) is 13.1 Å². The fraction of sp³-hybridized carbons (Fsp3) is 0.636. The first-order chi connectivity index (χ1) is 6.77. The van der Waals surface area contributed by atoms with Gasteiger partial charge in [0, 0.05) is 4.88 Å². The third kappa shape index (κ3) is 1.12. The minimum Gasteiger partial charge on any atom is -0.316 e. The van der Waals surface area contributed by atoms with Gasteiger partial charge in [0.15, 0.2) is 0 Å². The molecule has 1 fully saturated rings. The van der Waals surface area contributed by atoms with Gasteiger partial charge in [0.05, 0.1) is 0 Å². The van der Waals surface area contributed by atoms with Crippen LogP contribution in [0, 0.1) is 12.8 Å². The lowest BCUT2D eigenvalue weighted by Crippen LogP contribution is -2.33. The van der Waals surface area contributed by atoms with Crippen LogP contribution in [0.15, 0.2) is 0 Å². The van der Waals surface area contributed by atoms with Crippen LogP contribution in [0.3, 0.4) is 0 Å². The highest BCUT2D eigenvalue weighted by Crippen LogP contribution is 2.44. The lowest BCUT2D eigenvalue weighted by atomic mass is 9.89. The third-order valence-corrected chi connectivity index (χ3v) is 4.97. The van der Waals surface area contributed by atoms with Gasteiger partial charge in [0.2, 0.25) is 0 Å². The summed E-state index contributed by atoms with van der Waals surface area (Å²) in [6, 6.07) is 0. The Morgan fingerprint density at radius 2 is 2.36 bits per heavy atom. The van der Waals surface area contributed by atoms with E-state index in [-0.39, 0.29) is 0 Å². The first-order valence-corrected chi connectivity index (χ1v) is 6.17. The van der Waals surface area contributed by atoms with Crippen LogP contribution in [0.25, 0.3) is 0 Å². The van der Waals surface area contributed by atoms with Crippen LogP contribution in [-0.2, 0) is 6.42 Å². The number of nitrogens with one attached hydrogen (secondary N) is 1. The average molecular weight is 203 g/mol. The van der Waals surface area contributed by atoms with E-state index in [0.29, 0.717) is 0 Å². The molecular weight excluding hydrogens is 189 g/mol. The highest BCUT2D eigenvalue weighted by atomic mass is 32.1. The third-order valence-electron chi connectivity index (χ3n) is 3.68. The molecule has 0 spiro atoms. The molecule has 3 heteroatoms. The second-order valence-electron chi connectivity index (χ2n) is 4.48. The van der Waals surface area contributed by atoms with E-state index in [2.05, 4.69) is 12.2 Å². The van der Waals surface area contributed by atoms with Crippen molar-refractivity contribution >= 4 is 24.6 Å². The van der Waals surface area contributed by atoms with E-state index in [1.807, 2.05) is 11.3 Å². The van der Waals surface area contributed by atoms with E-state index in [9.17, 15) is 0 Å². The molecular formula is C11H14BNS. The summed E-state index contributed by atoms with van der Waals surface area (Å²) in [5, 5.41) is 3.48. The van der Waals surface area contributed by atoms with Gasteiger partial charge in [-0.1, -0.05) is 5.46 Å². The van der Waals surface area contributed by atoms with Crippen molar-refractivity contribution in [3.05, 3.63) is 15.3 Å². The minimum atomic E-state index is 0.812. The fourth-order valence-electron chi connectivity index (χ4n) is 2.88. The predicted molar refractivity (Wildman–Crippen MR) is 61.9 cm³/mol. The molecule has 0 saturated carbocycles. The molecule has 2 aliphatic rings. The van der Waals surface area contributed by atoms with Gasteiger partial charge in [0.25, 0.3) is 0 Å². The molecule has 1 nitrogen and oxygen atoms in total. The number of piperidine rings is 1. The van der Waals surface area contributed by atoms with Gasteiger partial charge in [-0.3, -0.25) is 0 Å². The maximum atomic E-state index is 6.10. The summed E-state index contributed by atoms with van der Waals surface area (Å²) in [6.07, 6.45) is 2.51. The number of hydrogen-bond donors (Lipinski definition) is 1. The van der Waals surface area contributed by atoms with Crippen molar-refractivity contribution < 1.29 is 0 Å². The molecule has 2 atom stereocenters. The lowest BCUT2D eigenvalue weighted by Gasteiger charge is -2.26. The van der Waals surface area contributed by atoms with Gasteiger partial charge in [-0.05, 0) is 55.1 Å². The molecule has 0 aromatic carbocycles. The highest BCUT2D eigenvalue weighted by molar-refractivity contribution is 7.13. The van der Waals surface area contributed by atoms with Crippen molar-refractivity contribution in [3.63, 3.8) is 0 Å². The van der Waals surface area contributed by atoms with Gasteiger partial charge in [0.1, 0.15) is 7.85 Å². The fourth-order valence-corrected chi connectivity index (χ4v) is 4.22. The maximum Gasteiger partial charge on any atom is 0.115 e. The first-order valence-electron chi connectivity index (χ1n) is 5.35. The molecule has 1 aliphatic heterocycles. The minimum absolute atomic E-state index is 0.812. The summed E-state index contributed by atoms with van der Waals surface area (Å²) >= 11 is 1.94. The normalized spacial score (nSPS) is 30.1. The van der Waals surface area contributed by atoms with Crippen molar-refractivity contribution in [1.82, 2.24) is 5.32 Å². The molecule has 3 rings (SSSR count). The monoisotopic (exact) mass is 203 g/mol. The van der Waals surface area contributed by atoms with E-state index in [4.69, 9.17) is 7.85 Å². The Morgan fingerprint density at radius 3 is 3.21 bits per heavy atom. The van der Waals surface area contributed by atoms with Gasteiger partial charge >= 0.3 is 0 Å². The number of fused-ring (bicyclic) bond motifs is 3. The van der Waals surface area contributed by atoms with Crippen molar-refractivity contribution in [2.45, 2.75) is 25.7 Å². The SMILES string of the molecule is [B]c1c(C)sc2c1CC1CNCCC21. The van der Waals surface area contributed by atoms with Crippen LogP contribution in [0.4, 0.5) is 0 Å². The summed E-state index contributed by atoms with van der Waals surface area (Å²) in [6.45, 7) is 4.51. The Balaban J connectivity index is 2.03. The zero-order valence-corrected chi connectivity index (χ0v) is 9.29. The number of rotatable bonds is 0. The van der Waals surface area contributed by atoms with Crippen LogP contribution in [0.1, 0.15) is 27.7 Å². The number of hydrogen-bond acceptors (Lipinski definition) is 2. The highest BCUT2D eigenvalue weighted by Gasteiger charge is 2.36. The Labute approximate surface area is 90.3 Å². The van der Waals surface area contributed by atoms with E-state index in [1.165, 1.54) is 36.4 Å². The molecule has 1 aromatic heterocycles. The quantitative estimate of drug-likeness (QED) is 0.622. The molecule has 72 valence electrons. The Kier molecular flexibility index (Phi) is 2.00. The number of thiophene rings is 1. The van der Waals surface area contributed by atoms with Crippen LogP contribution < -0.4 is 10.8 Å². The Hall–Kier alpha value is -0.275. The van der Waals surface area contributed by atoms with E-state index < -0.39 is 0 Å². The molecule has 2 unspecified atom stereocenters. The standard InChI is InChI=1S/C11H14BNS/c1-6-10(12)9-4-7-5-13-3-2-8(7)11(9)14-6/h7-8,13H,2-5H2,1H3. The number of aryl methyl sites for hydroxylation is 1. The van der Waals surface area contributed by atoms with Crippen molar-refractivity contribution in [3.8, 4) is 0 Å². The first kappa shape index (κ1) is 8.99. The van der Waals surface area contributed by atoms with Gasteiger partial charge in [-0.15, -0.1) is 11.3 Å². The molecule has 0 bridgehead atoms. The molecule has 2 radical (unpaired) electrons. The maximum absolute atomic E-state index is 6.10. The summed E-state index contributed by atoms with van der Waals surface area (Å²) < 4.78 is 0. The predicted octanol–water partition coefficient (Wildman–Crippen LogP) is 1.10. The molecule has 0 amide bonds.